The smallest absolute Gasteiger partial charge is 0.303 e. The summed E-state index contributed by atoms with van der Waals surface area (Å²) in [5.74, 6) is 0. The van der Waals surface area contributed by atoms with E-state index in [-0.39, 0.29) is 0 Å². The summed E-state index contributed by atoms with van der Waals surface area (Å²) in [5.41, 5.74) is 11.5. The van der Waals surface area contributed by atoms with Crippen LogP contribution in [-0.2, 0) is 0 Å². The quantitative estimate of drug-likeness (QED) is 0.352. The summed E-state index contributed by atoms with van der Waals surface area (Å²) in [6, 6.07) is 0. The Kier molecular flexibility index (Phi) is 0.965. The second-order valence-corrected chi connectivity index (χ2v) is 2.35. The van der Waals surface area contributed by atoms with Gasteiger partial charge in [0.15, 0.2) is 0 Å². The normalized spacial score (nSPS) is 20.2. The highest BCUT2D eigenvalue weighted by Gasteiger charge is 2.24. The Morgan fingerprint density at radius 1 is 1.50 bits per heavy atom. The molecule has 2 rings (SSSR count). The molecular formula is C8H6N2. The lowest BCUT2D eigenvalue weighted by atomic mass is 10.1. The number of hydrogen-bond donors (Lipinski definition) is 0. The predicted octanol–water partition coefficient (Wildman–Crippen LogP) is 1.48. The Bertz CT molecular complexity index is 312. The summed E-state index contributed by atoms with van der Waals surface area (Å²) in [6.45, 7) is 0. The lowest BCUT2D eigenvalue weighted by Crippen LogP contribution is -1.94. The Morgan fingerprint density at radius 2 is 2.40 bits per heavy atom. The molecule has 0 saturated heterocycles. The van der Waals surface area contributed by atoms with Crippen molar-refractivity contribution in [3.8, 4) is 0 Å². The molecule has 0 radical (unpaired) electrons. The molecule has 2 aliphatic rings. The zero-order valence-corrected chi connectivity index (χ0v) is 5.41. The van der Waals surface area contributed by atoms with E-state index < -0.39 is 0 Å². The number of allylic oxidation sites excluding steroid dienone is 6. The third kappa shape index (κ3) is 0.539. The lowest BCUT2D eigenvalue weighted by molar-refractivity contribution is -0.00560. The van der Waals surface area contributed by atoms with Crippen molar-refractivity contribution in [2.24, 2.45) is 0 Å². The van der Waals surface area contributed by atoms with Gasteiger partial charge in [-0.25, -0.2) is 0 Å². The van der Waals surface area contributed by atoms with Crippen LogP contribution in [-0.4, -0.2) is 10.5 Å². The van der Waals surface area contributed by atoms with Gasteiger partial charge in [0.05, 0.1) is 12.0 Å². The predicted molar refractivity (Wildman–Crippen MR) is 38.5 cm³/mol. The van der Waals surface area contributed by atoms with Crippen LogP contribution in [0, 0.1) is 0 Å². The highest BCUT2D eigenvalue weighted by Crippen LogP contribution is 2.26. The van der Waals surface area contributed by atoms with Gasteiger partial charge in [0.25, 0.3) is 0 Å². The van der Waals surface area contributed by atoms with Crippen LogP contribution in [0.1, 0.15) is 6.42 Å². The topological polar surface area (TPSA) is 36.4 Å². The van der Waals surface area contributed by atoms with E-state index in [1.54, 1.807) is 0 Å². The first-order chi connectivity index (χ1) is 4.92. The third-order valence-electron chi connectivity index (χ3n) is 1.80. The van der Waals surface area contributed by atoms with Crippen molar-refractivity contribution in [2.75, 3.05) is 0 Å². The van der Waals surface area contributed by atoms with Gasteiger partial charge in [-0.2, -0.15) is 4.79 Å². The monoisotopic (exact) mass is 130 g/mol. The van der Waals surface area contributed by atoms with Crippen LogP contribution < -0.4 is 0 Å². The molecule has 2 heteroatoms. The zero-order chi connectivity index (χ0) is 6.97. The first kappa shape index (κ1) is 5.39. The molecule has 0 aromatic rings. The average Bonchev–Trinajstić information content (AvgIpc) is 2.44. The summed E-state index contributed by atoms with van der Waals surface area (Å²) >= 11 is 0. The third-order valence-corrected chi connectivity index (χ3v) is 1.80. The molecule has 0 spiro atoms. The second-order valence-electron chi connectivity index (χ2n) is 2.35. The van der Waals surface area contributed by atoms with E-state index in [0.29, 0.717) is 0 Å². The molecule has 10 heavy (non-hydrogen) atoms. The maximum absolute atomic E-state index is 8.50. The van der Waals surface area contributed by atoms with Crippen molar-refractivity contribution >= 4 is 5.71 Å². The molecule has 0 aromatic heterocycles. The van der Waals surface area contributed by atoms with E-state index in [0.717, 1.165) is 17.7 Å². The molecular weight excluding hydrogens is 124 g/mol. The summed E-state index contributed by atoms with van der Waals surface area (Å²) < 4.78 is 0. The van der Waals surface area contributed by atoms with Crippen molar-refractivity contribution < 1.29 is 4.79 Å². The molecule has 48 valence electrons. The van der Waals surface area contributed by atoms with Crippen molar-refractivity contribution in [3.05, 3.63) is 41.0 Å². The maximum Gasteiger partial charge on any atom is 0.303 e. The van der Waals surface area contributed by atoms with Crippen LogP contribution in [0.3, 0.4) is 0 Å². The minimum atomic E-state index is 0.766. The molecule has 0 unspecified atom stereocenters. The van der Waals surface area contributed by atoms with Crippen LogP contribution in [0.25, 0.3) is 5.53 Å². The van der Waals surface area contributed by atoms with Crippen LogP contribution in [0.2, 0.25) is 0 Å². The molecule has 0 aliphatic heterocycles. The fourth-order valence-corrected chi connectivity index (χ4v) is 1.29. The number of fused-ring (bicyclic) bond motifs is 1. The Balaban J connectivity index is 2.54. The van der Waals surface area contributed by atoms with Crippen LogP contribution in [0.15, 0.2) is 35.5 Å². The van der Waals surface area contributed by atoms with Gasteiger partial charge in [-0.15, -0.1) is 0 Å². The highest BCUT2D eigenvalue weighted by molar-refractivity contribution is 6.06. The molecule has 0 saturated carbocycles. The van der Waals surface area contributed by atoms with Gasteiger partial charge in [-0.3, -0.25) is 0 Å². The zero-order valence-electron chi connectivity index (χ0n) is 5.41. The fourth-order valence-electron chi connectivity index (χ4n) is 1.29. The Morgan fingerprint density at radius 3 is 3.20 bits per heavy atom. The van der Waals surface area contributed by atoms with Crippen LogP contribution >= 0.6 is 0 Å². The molecule has 0 amide bonds. The van der Waals surface area contributed by atoms with Crippen LogP contribution in [0.5, 0.6) is 0 Å². The SMILES string of the molecule is [N-]=[N+]=C1CC=C2C=CC=C21. The van der Waals surface area contributed by atoms with Gasteiger partial charge in [-0.05, 0) is 11.6 Å². The molecule has 2 nitrogen and oxygen atoms in total. The van der Waals surface area contributed by atoms with E-state index in [2.05, 4.69) is 10.9 Å². The first-order valence-electron chi connectivity index (χ1n) is 3.22. The maximum atomic E-state index is 8.50. The number of rotatable bonds is 0. The molecule has 2 aliphatic carbocycles. The summed E-state index contributed by atoms with van der Waals surface area (Å²) in [6.07, 6.45) is 8.78. The van der Waals surface area contributed by atoms with E-state index in [1.807, 2.05) is 18.2 Å². The van der Waals surface area contributed by atoms with E-state index in [4.69, 9.17) is 5.53 Å². The van der Waals surface area contributed by atoms with E-state index >= 15 is 0 Å². The van der Waals surface area contributed by atoms with Crippen molar-refractivity contribution in [3.63, 3.8) is 0 Å². The molecule has 0 fully saturated rings. The standard InChI is InChI=1S/C8H6N2/c9-10-8-5-4-6-2-1-3-7(6)8/h1-4H,5H2. The van der Waals surface area contributed by atoms with E-state index in [9.17, 15) is 0 Å². The van der Waals surface area contributed by atoms with Gasteiger partial charge in [0.1, 0.15) is 0 Å². The lowest BCUT2D eigenvalue weighted by Gasteiger charge is -1.84. The molecule has 0 aromatic carbocycles. The fraction of sp³-hybridized carbons (Fsp3) is 0.125. The summed E-state index contributed by atoms with van der Waals surface area (Å²) in [7, 11) is 0. The van der Waals surface area contributed by atoms with Crippen LogP contribution in [0.4, 0.5) is 0 Å². The summed E-state index contributed by atoms with van der Waals surface area (Å²) in [4.78, 5) is 3.19. The number of hydrogen-bond acceptors (Lipinski definition) is 0. The minimum Gasteiger partial charge on any atom is -0.361 e. The van der Waals surface area contributed by atoms with Gasteiger partial charge >= 0.3 is 5.71 Å². The molecule has 0 atom stereocenters. The minimum absolute atomic E-state index is 0.766. The van der Waals surface area contributed by atoms with Gasteiger partial charge in [0.2, 0.25) is 0 Å². The molecule has 0 heterocycles. The molecule has 0 N–H and O–H groups in total. The first-order valence-corrected chi connectivity index (χ1v) is 3.22. The molecule has 0 bridgehead atoms. The largest absolute Gasteiger partial charge is 0.361 e. The summed E-state index contributed by atoms with van der Waals surface area (Å²) in [5, 5.41) is 0. The average molecular weight is 130 g/mol. The Hall–Kier alpha value is -1.40. The van der Waals surface area contributed by atoms with Gasteiger partial charge in [0, 0.05) is 0 Å². The van der Waals surface area contributed by atoms with Gasteiger partial charge in [-0.1, -0.05) is 18.2 Å². The van der Waals surface area contributed by atoms with E-state index in [1.165, 1.54) is 5.57 Å². The van der Waals surface area contributed by atoms with Gasteiger partial charge < -0.3 is 5.53 Å². The highest BCUT2D eigenvalue weighted by atomic mass is 14.9. The second kappa shape index (κ2) is 1.79. The number of nitrogens with zero attached hydrogens (tertiary/aromatic N) is 2. The van der Waals surface area contributed by atoms with Crippen molar-refractivity contribution in [2.45, 2.75) is 6.42 Å². The van der Waals surface area contributed by atoms with Crippen molar-refractivity contribution in [1.29, 1.82) is 0 Å². The Labute approximate surface area is 58.8 Å². The van der Waals surface area contributed by atoms with Crippen molar-refractivity contribution in [1.82, 2.24) is 0 Å².